The van der Waals surface area contributed by atoms with E-state index in [9.17, 15) is 14.4 Å². The summed E-state index contributed by atoms with van der Waals surface area (Å²) >= 11 is 0. The number of nitrogens with two attached hydrogens (primary N) is 1. The minimum atomic E-state index is -0.664. The van der Waals surface area contributed by atoms with Gasteiger partial charge in [-0.05, 0) is 38.3 Å². The molecule has 7 heteroatoms. The van der Waals surface area contributed by atoms with Crippen LogP contribution in [-0.4, -0.2) is 78.2 Å². The second kappa shape index (κ2) is 12.7. The molecule has 0 fully saturated rings. The molecule has 27 heavy (non-hydrogen) atoms. The third-order valence-electron chi connectivity index (χ3n) is 5.06. The van der Waals surface area contributed by atoms with Gasteiger partial charge in [-0.2, -0.15) is 0 Å². The number of primary amides is 1. The summed E-state index contributed by atoms with van der Waals surface area (Å²) in [6.07, 6.45) is 2.17. The van der Waals surface area contributed by atoms with Gasteiger partial charge in [0.1, 0.15) is 12.1 Å². The van der Waals surface area contributed by atoms with Crippen LogP contribution in [0.2, 0.25) is 0 Å². The highest BCUT2D eigenvalue weighted by molar-refractivity contribution is 5.91. The summed E-state index contributed by atoms with van der Waals surface area (Å²) in [7, 11) is 3.29. The van der Waals surface area contributed by atoms with Gasteiger partial charge in [-0.15, -0.1) is 0 Å². The molecule has 0 aliphatic rings. The number of nitrogens with zero attached hydrogens (tertiary/aromatic N) is 3. The molecule has 0 heterocycles. The molecule has 0 saturated heterocycles. The maximum Gasteiger partial charge on any atom is 0.245 e. The molecule has 0 unspecified atom stereocenters. The normalized spacial score (nSPS) is 13.5. The van der Waals surface area contributed by atoms with Gasteiger partial charge in [0, 0.05) is 27.1 Å². The van der Waals surface area contributed by atoms with Crippen molar-refractivity contribution in [1.29, 1.82) is 0 Å². The van der Waals surface area contributed by atoms with E-state index in [0.717, 1.165) is 19.5 Å². The highest BCUT2D eigenvalue weighted by Gasteiger charge is 2.34. The number of carbonyl (C=O) groups excluding carboxylic acids is 3. The Morgan fingerprint density at radius 2 is 1.48 bits per heavy atom. The molecule has 0 radical (unpaired) electrons. The largest absolute Gasteiger partial charge is 0.368 e. The Hall–Kier alpha value is -1.63. The fourth-order valence-corrected chi connectivity index (χ4v) is 3.19. The summed E-state index contributed by atoms with van der Waals surface area (Å²) < 4.78 is 0. The first kappa shape index (κ1) is 25.4. The summed E-state index contributed by atoms with van der Waals surface area (Å²) in [6.45, 7) is 12.6. The van der Waals surface area contributed by atoms with Crippen molar-refractivity contribution < 1.29 is 14.4 Å². The molecular formula is C20H40N4O3. The Bertz CT molecular complexity index is 478. The number of hydrogen-bond donors (Lipinski definition) is 1. The molecule has 0 aliphatic heterocycles. The van der Waals surface area contributed by atoms with Crippen molar-refractivity contribution in [3.05, 3.63) is 0 Å². The molecule has 158 valence electrons. The number of rotatable bonds is 13. The van der Waals surface area contributed by atoms with Gasteiger partial charge in [-0.3, -0.25) is 14.4 Å². The molecule has 0 saturated carbocycles. The van der Waals surface area contributed by atoms with Crippen molar-refractivity contribution in [3.63, 3.8) is 0 Å². The second-order valence-electron chi connectivity index (χ2n) is 7.58. The summed E-state index contributed by atoms with van der Waals surface area (Å²) in [5.74, 6) is -0.558. The molecule has 0 aromatic heterocycles. The molecule has 0 aromatic carbocycles. The van der Waals surface area contributed by atoms with Crippen LogP contribution >= 0.6 is 0 Å². The van der Waals surface area contributed by atoms with E-state index in [0.29, 0.717) is 25.8 Å². The van der Waals surface area contributed by atoms with Gasteiger partial charge in [-0.25, -0.2) is 0 Å². The fourth-order valence-electron chi connectivity index (χ4n) is 3.19. The number of likely N-dealkylation sites (N-methyl/N-ethyl adjacent to an activating group) is 2. The lowest BCUT2D eigenvalue weighted by Crippen LogP contribution is -2.55. The number of hydrogen-bond acceptors (Lipinski definition) is 4. The SMILES string of the molecule is CCCC(=O)N(C)[C@H](CCN(CC)CC)C(=O)N(C)[C@@H](CC(C)C)C(N)=O. The molecule has 2 N–H and O–H groups in total. The zero-order valence-corrected chi connectivity index (χ0v) is 18.3. The van der Waals surface area contributed by atoms with E-state index >= 15 is 0 Å². The minimum Gasteiger partial charge on any atom is -0.368 e. The first-order valence-corrected chi connectivity index (χ1v) is 10.1. The van der Waals surface area contributed by atoms with E-state index in [1.165, 1.54) is 4.90 Å². The molecule has 3 amide bonds. The molecular weight excluding hydrogens is 344 g/mol. The van der Waals surface area contributed by atoms with Crippen molar-refractivity contribution in [3.8, 4) is 0 Å². The van der Waals surface area contributed by atoms with Crippen molar-refractivity contribution in [2.45, 2.75) is 72.4 Å². The van der Waals surface area contributed by atoms with E-state index in [-0.39, 0.29) is 17.7 Å². The van der Waals surface area contributed by atoms with Crippen LogP contribution in [0.25, 0.3) is 0 Å². The highest BCUT2D eigenvalue weighted by atomic mass is 16.2. The maximum atomic E-state index is 13.2. The lowest BCUT2D eigenvalue weighted by molar-refractivity contribution is -0.147. The summed E-state index contributed by atoms with van der Waals surface area (Å²) in [5, 5.41) is 0. The third-order valence-corrected chi connectivity index (χ3v) is 5.06. The predicted molar refractivity (Wildman–Crippen MR) is 109 cm³/mol. The molecule has 7 nitrogen and oxygen atoms in total. The number of carbonyl (C=O) groups is 3. The molecule has 0 bridgehead atoms. The van der Waals surface area contributed by atoms with E-state index < -0.39 is 18.0 Å². The monoisotopic (exact) mass is 384 g/mol. The van der Waals surface area contributed by atoms with Gasteiger partial charge in [0.2, 0.25) is 17.7 Å². The van der Waals surface area contributed by atoms with Crippen LogP contribution in [0.15, 0.2) is 0 Å². The molecule has 2 atom stereocenters. The van der Waals surface area contributed by atoms with Crippen LogP contribution in [0.3, 0.4) is 0 Å². The van der Waals surface area contributed by atoms with Gasteiger partial charge < -0.3 is 20.4 Å². The Kier molecular flexibility index (Phi) is 11.9. The van der Waals surface area contributed by atoms with E-state index in [1.807, 2.05) is 20.8 Å². The van der Waals surface area contributed by atoms with E-state index in [4.69, 9.17) is 5.73 Å². The van der Waals surface area contributed by atoms with Crippen LogP contribution in [0.1, 0.15) is 60.3 Å². The topological polar surface area (TPSA) is 87.0 Å². The van der Waals surface area contributed by atoms with Crippen LogP contribution in [0, 0.1) is 5.92 Å². The van der Waals surface area contributed by atoms with Gasteiger partial charge in [-0.1, -0.05) is 34.6 Å². The van der Waals surface area contributed by atoms with Crippen molar-refractivity contribution >= 4 is 17.7 Å². The van der Waals surface area contributed by atoms with Crippen LogP contribution < -0.4 is 5.73 Å². The predicted octanol–water partition coefficient (Wildman–Crippen LogP) is 1.70. The third kappa shape index (κ3) is 8.28. The Balaban J connectivity index is 5.50. The fraction of sp³-hybridized carbons (Fsp3) is 0.850. The van der Waals surface area contributed by atoms with Crippen molar-refractivity contribution in [2.75, 3.05) is 33.7 Å². The maximum absolute atomic E-state index is 13.2. The second-order valence-corrected chi connectivity index (χ2v) is 7.58. The Morgan fingerprint density at radius 1 is 0.926 bits per heavy atom. The van der Waals surface area contributed by atoms with Crippen LogP contribution in [-0.2, 0) is 14.4 Å². The first-order chi connectivity index (χ1) is 12.6. The van der Waals surface area contributed by atoms with Crippen LogP contribution in [0.4, 0.5) is 0 Å². The lowest BCUT2D eigenvalue weighted by Gasteiger charge is -2.35. The average molecular weight is 385 g/mol. The van der Waals surface area contributed by atoms with Crippen LogP contribution in [0.5, 0.6) is 0 Å². The average Bonchev–Trinajstić information content (AvgIpc) is 2.61. The molecule has 0 aromatic rings. The van der Waals surface area contributed by atoms with Crippen molar-refractivity contribution in [1.82, 2.24) is 14.7 Å². The Labute approximate surface area is 165 Å². The Morgan fingerprint density at radius 3 is 1.89 bits per heavy atom. The summed E-state index contributed by atoms with van der Waals surface area (Å²) in [6, 6.07) is -1.26. The van der Waals surface area contributed by atoms with Gasteiger partial charge >= 0.3 is 0 Å². The first-order valence-electron chi connectivity index (χ1n) is 10.1. The van der Waals surface area contributed by atoms with E-state index in [2.05, 4.69) is 18.7 Å². The summed E-state index contributed by atoms with van der Waals surface area (Å²) in [4.78, 5) is 42.7. The highest BCUT2D eigenvalue weighted by Crippen LogP contribution is 2.16. The summed E-state index contributed by atoms with van der Waals surface area (Å²) in [5.41, 5.74) is 5.55. The minimum absolute atomic E-state index is 0.0525. The molecule has 0 aliphatic carbocycles. The zero-order valence-electron chi connectivity index (χ0n) is 18.3. The standard InChI is InChI=1S/C20H40N4O3/c1-8-11-18(25)22(6)16(12-13-24(9-2)10-3)20(27)23(7)17(19(21)26)14-15(4)5/h15-17H,8-14H2,1-7H3,(H2,21,26)/t16-,17+/m1/s1. The van der Waals surface area contributed by atoms with E-state index in [1.54, 1.807) is 19.0 Å². The quantitative estimate of drug-likeness (QED) is 0.524. The van der Waals surface area contributed by atoms with Crippen molar-refractivity contribution in [2.24, 2.45) is 11.7 Å². The van der Waals surface area contributed by atoms with Gasteiger partial charge in [0.25, 0.3) is 0 Å². The van der Waals surface area contributed by atoms with Gasteiger partial charge in [0.15, 0.2) is 0 Å². The lowest BCUT2D eigenvalue weighted by atomic mass is 10.0. The molecule has 0 rings (SSSR count). The smallest absolute Gasteiger partial charge is 0.245 e. The van der Waals surface area contributed by atoms with Gasteiger partial charge in [0.05, 0.1) is 0 Å². The molecule has 0 spiro atoms. The number of amides is 3. The zero-order chi connectivity index (χ0) is 21.1.